The van der Waals surface area contributed by atoms with Crippen LogP contribution in [0.3, 0.4) is 0 Å². The number of ether oxygens (including phenoxy) is 1. The van der Waals surface area contributed by atoms with Crippen molar-refractivity contribution in [2.75, 3.05) is 19.9 Å². The maximum atomic E-state index is 12.9. The molecule has 1 heterocycles. The molecule has 1 aliphatic carbocycles. The van der Waals surface area contributed by atoms with E-state index in [1.165, 1.54) is 4.90 Å². The van der Waals surface area contributed by atoms with Crippen LogP contribution in [0, 0.1) is 16.7 Å². The minimum Gasteiger partial charge on any atom is -0.361 e. The van der Waals surface area contributed by atoms with Crippen LogP contribution in [0.4, 0.5) is 4.79 Å². The summed E-state index contributed by atoms with van der Waals surface area (Å²) in [7, 11) is -1.24. The molecule has 0 radical (unpaired) electrons. The average molecular weight is 393 g/mol. The second-order valence-electron chi connectivity index (χ2n) is 9.34. The van der Waals surface area contributed by atoms with Crippen molar-refractivity contribution < 1.29 is 14.3 Å². The van der Waals surface area contributed by atoms with Crippen LogP contribution < -0.4 is 5.73 Å². The number of carbonyl (C=O) groups excluding carboxylic acids is 2. The van der Waals surface area contributed by atoms with Gasteiger partial charge in [0.25, 0.3) is 5.91 Å². The summed E-state index contributed by atoms with van der Waals surface area (Å²) in [6.45, 7) is 10.9. The van der Waals surface area contributed by atoms with Crippen LogP contribution >= 0.6 is 0 Å². The smallest absolute Gasteiger partial charge is 0.329 e. The number of carbonyl (C=O) groups is 2. The normalized spacial score (nSPS) is 28.0. The van der Waals surface area contributed by atoms with Gasteiger partial charge >= 0.3 is 6.03 Å². The minimum absolute atomic E-state index is 0.0393. The summed E-state index contributed by atoms with van der Waals surface area (Å²) in [6.07, 6.45) is 4.87. The molecule has 27 heavy (non-hydrogen) atoms. The SMILES string of the molecule is CC1(C)C(=O)N(COCC[Si](C)(C)C)C(=O)N1CC1(C#N)C=CC(N)CC1. The van der Waals surface area contributed by atoms with Gasteiger partial charge in [0.1, 0.15) is 12.3 Å². The fraction of sp³-hybridized carbons (Fsp3) is 0.737. The van der Waals surface area contributed by atoms with Gasteiger partial charge in [-0.2, -0.15) is 5.26 Å². The van der Waals surface area contributed by atoms with E-state index in [-0.39, 0.29) is 25.2 Å². The summed E-state index contributed by atoms with van der Waals surface area (Å²) < 4.78 is 5.63. The molecule has 0 aromatic heterocycles. The van der Waals surface area contributed by atoms with Crippen molar-refractivity contribution in [2.45, 2.75) is 64.0 Å². The standard InChI is InChI=1S/C19H32N4O3Si/c1-18(2)16(24)22(14-26-10-11-27(3,4)5)17(25)23(18)13-19(12-20)8-6-15(21)7-9-19/h6,8,15H,7,9-11,13-14,21H2,1-5H3. The Kier molecular flexibility index (Phi) is 6.19. The third-order valence-corrected chi connectivity index (χ3v) is 7.08. The van der Waals surface area contributed by atoms with Crippen LogP contribution in [-0.2, 0) is 9.53 Å². The van der Waals surface area contributed by atoms with Gasteiger partial charge in [0.05, 0.1) is 11.5 Å². The Morgan fingerprint density at radius 2 is 2.04 bits per heavy atom. The number of hydrogen-bond acceptors (Lipinski definition) is 5. The lowest BCUT2D eigenvalue weighted by molar-refractivity contribution is -0.135. The Morgan fingerprint density at radius 1 is 1.37 bits per heavy atom. The zero-order valence-corrected chi connectivity index (χ0v) is 18.1. The maximum Gasteiger partial charge on any atom is 0.329 e. The van der Waals surface area contributed by atoms with E-state index in [1.54, 1.807) is 19.9 Å². The topological polar surface area (TPSA) is 99.7 Å². The second-order valence-corrected chi connectivity index (χ2v) is 15.0. The second kappa shape index (κ2) is 7.74. The number of nitrogens with two attached hydrogens (primary N) is 1. The largest absolute Gasteiger partial charge is 0.361 e. The first kappa shape index (κ1) is 21.6. The Hall–Kier alpha value is -1.69. The fourth-order valence-corrected chi connectivity index (χ4v) is 4.04. The van der Waals surface area contributed by atoms with Gasteiger partial charge < -0.3 is 15.4 Å². The molecule has 1 fully saturated rings. The van der Waals surface area contributed by atoms with Gasteiger partial charge in [0.2, 0.25) is 0 Å². The molecule has 0 aromatic carbocycles. The van der Waals surface area contributed by atoms with Crippen molar-refractivity contribution in [3.8, 4) is 6.07 Å². The first-order chi connectivity index (χ1) is 12.4. The molecule has 7 nitrogen and oxygen atoms in total. The number of nitriles is 1. The zero-order chi connectivity index (χ0) is 20.5. The summed E-state index contributed by atoms with van der Waals surface area (Å²) >= 11 is 0. The third kappa shape index (κ3) is 4.78. The average Bonchev–Trinajstić information content (AvgIpc) is 2.74. The van der Waals surface area contributed by atoms with Crippen LogP contribution in [0.5, 0.6) is 0 Å². The van der Waals surface area contributed by atoms with Crippen LogP contribution in [-0.4, -0.2) is 61.3 Å². The van der Waals surface area contributed by atoms with Gasteiger partial charge in [-0.3, -0.25) is 4.79 Å². The quantitative estimate of drug-likeness (QED) is 0.311. The Labute approximate surface area is 163 Å². The van der Waals surface area contributed by atoms with E-state index in [9.17, 15) is 14.9 Å². The van der Waals surface area contributed by atoms with Crippen molar-refractivity contribution >= 4 is 20.0 Å². The lowest BCUT2D eigenvalue weighted by Gasteiger charge is -2.36. The molecular weight excluding hydrogens is 360 g/mol. The molecule has 2 rings (SSSR count). The number of urea groups is 1. The number of amides is 3. The zero-order valence-electron chi connectivity index (χ0n) is 17.1. The number of imide groups is 1. The number of nitrogens with zero attached hydrogens (tertiary/aromatic N) is 3. The summed E-state index contributed by atoms with van der Waals surface area (Å²) in [4.78, 5) is 28.4. The molecule has 3 amide bonds. The van der Waals surface area contributed by atoms with Crippen LogP contribution in [0.25, 0.3) is 0 Å². The van der Waals surface area contributed by atoms with Crippen LogP contribution in [0.15, 0.2) is 12.2 Å². The predicted molar refractivity (Wildman–Crippen MR) is 106 cm³/mol. The highest BCUT2D eigenvalue weighted by atomic mass is 28.3. The van der Waals surface area contributed by atoms with Gasteiger partial charge in [-0.1, -0.05) is 31.8 Å². The van der Waals surface area contributed by atoms with Gasteiger partial charge in [-0.15, -0.1) is 0 Å². The van der Waals surface area contributed by atoms with Crippen LogP contribution in [0.1, 0.15) is 26.7 Å². The first-order valence-corrected chi connectivity index (χ1v) is 13.2. The van der Waals surface area contributed by atoms with Gasteiger partial charge in [0, 0.05) is 27.3 Å². The first-order valence-electron chi connectivity index (χ1n) is 9.49. The van der Waals surface area contributed by atoms with E-state index in [0.29, 0.717) is 19.4 Å². The molecule has 1 aliphatic heterocycles. The third-order valence-electron chi connectivity index (χ3n) is 5.37. The van der Waals surface area contributed by atoms with E-state index in [1.807, 2.05) is 6.08 Å². The highest BCUT2D eigenvalue weighted by Crippen LogP contribution is 2.36. The summed E-state index contributed by atoms with van der Waals surface area (Å²) in [5, 5.41) is 9.73. The predicted octanol–water partition coefficient (Wildman–Crippen LogP) is 2.53. The molecule has 2 atom stereocenters. The molecule has 150 valence electrons. The monoisotopic (exact) mass is 392 g/mol. The molecule has 8 heteroatoms. The van der Waals surface area contributed by atoms with Crippen molar-refractivity contribution in [1.29, 1.82) is 5.26 Å². The molecule has 0 bridgehead atoms. The fourth-order valence-electron chi connectivity index (χ4n) is 3.28. The van der Waals surface area contributed by atoms with Crippen molar-refractivity contribution in [1.82, 2.24) is 9.80 Å². The van der Waals surface area contributed by atoms with E-state index in [4.69, 9.17) is 10.5 Å². The van der Waals surface area contributed by atoms with Gasteiger partial charge in [0.15, 0.2) is 0 Å². The molecular formula is C19H32N4O3Si. The summed E-state index contributed by atoms with van der Waals surface area (Å²) in [5.74, 6) is -0.287. The van der Waals surface area contributed by atoms with Gasteiger partial charge in [-0.25, -0.2) is 9.69 Å². The lowest BCUT2D eigenvalue weighted by atomic mass is 9.78. The van der Waals surface area contributed by atoms with E-state index in [2.05, 4.69) is 25.7 Å². The highest BCUT2D eigenvalue weighted by Gasteiger charge is 2.53. The Balaban J connectivity index is 2.09. The van der Waals surface area contributed by atoms with Crippen molar-refractivity contribution in [2.24, 2.45) is 11.1 Å². The van der Waals surface area contributed by atoms with Crippen LogP contribution in [0.2, 0.25) is 25.7 Å². The lowest BCUT2D eigenvalue weighted by Crippen LogP contribution is -2.49. The number of hydrogen-bond donors (Lipinski definition) is 1. The maximum absolute atomic E-state index is 12.9. The molecule has 1 saturated heterocycles. The van der Waals surface area contributed by atoms with E-state index >= 15 is 0 Å². The molecule has 0 aromatic rings. The molecule has 2 unspecified atom stereocenters. The van der Waals surface area contributed by atoms with Crippen molar-refractivity contribution in [3.05, 3.63) is 12.2 Å². The Morgan fingerprint density at radius 3 is 2.56 bits per heavy atom. The summed E-state index contributed by atoms with van der Waals surface area (Å²) in [6, 6.07) is 2.84. The molecule has 0 spiro atoms. The Bertz CT molecular complexity index is 665. The van der Waals surface area contributed by atoms with Crippen molar-refractivity contribution in [3.63, 3.8) is 0 Å². The molecule has 0 saturated carbocycles. The molecule has 2 N–H and O–H groups in total. The molecule has 2 aliphatic rings. The minimum atomic E-state index is -1.24. The summed E-state index contributed by atoms with van der Waals surface area (Å²) in [5.41, 5.74) is 4.08. The van der Waals surface area contributed by atoms with E-state index < -0.39 is 25.1 Å². The highest BCUT2D eigenvalue weighted by molar-refractivity contribution is 6.76. The number of rotatable bonds is 7. The van der Waals surface area contributed by atoms with Gasteiger partial charge in [-0.05, 0) is 32.7 Å². The van der Waals surface area contributed by atoms with E-state index in [0.717, 1.165) is 10.9 Å².